The molecule has 2 aliphatic rings. The molecule has 21 heavy (non-hydrogen) atoms. The molecule has 1 heterocycles. The summed E-state index contributed by atoms with van der Waals surface area (Å²) in [5.74, 6) is 1.58. The molecule has 1 saturated carbocycles. The van der Waals surface area contributed by atoms with Crippen molar-refractivity contribution < 1.29 is 4.74 Å². The standard InChI is InChI=1S/C18H26ClNO/c19-17-3-1-14(2-4-17)11-16(13-20-18-5-6-18)12-15-7-9-21-10-8-15/h1-4,15-16,18,20H,5-13H2. The first-order valence-corrected chi connectivity index (χ1v) is 8.73. The van der Waals surface area contributed by atoms with Crippen molar-refractivity contribution in [3.8, 4) is 0 Å². The van der Waals surface area contributed by atoms with Crippen LogP contribution in [0.15, 0.2) is 24.3 Å². The molecule has 0 bridgehead atoms. The summed E-state index contributed by atoms with van der Waals surface area (Å²) in [5, 5.41) is 4.55. The first kappa shape index (κ1) is 15.3. The van der Waals surface area contributed by atoms with Gasteiger partial charge in [-0.25, -0.2) is 0 Å². The molecule has 1 saturated heterocycles. The van der Waals surface area contributed by atoms with Crippen LogP contribution in [0.4, 0.5) is 0 Å². The smallest absolute Gasteiger partial charge is 0.0468 e. The average Bonchev–Trinajstić information content (AvgIpc) is 3.32. The summed E-state index contributed by atoms with van der Waals surface area (Å²) in [4.78, 5) is 0. The highest BCUT2D eigenvalue weighted by Gasteiger charge is 2.24. The van der Waals surface area contributed by atoms with Crippen molar-refractivity contribution in [2.24, 2.45) is 11.8 Å². The lowest BCUT2D eigenvalue weighted by molar-refractivity contribution is 0.0584. The zero-order valence-corrected chi connectivity index (χ0v) is 13.4. The summed E-state index contributed by atoms with van der Waals surface area (Å²) in [5.41, 5.74) is 1.41. The Morgan fingerprint density at radius 3 is 2.48 bits per heavy atom. The number of rotatable bonds is 7. The second-order valence-corrected chi connectivity index (χ2v) is 7.11. The van der Waals surface area contributed by atoms with E-state index >= 15 is 0 Å². The summed E-state index contributed by atoms with van der Waals surface area (Å²) in [6, 6.07) is 9.17. The molecular formula is C18H26ClNO. The Morgan fingerprint density at radius 2 is 1.81 bits per heavy atom. The molecule has 116 valence electrons. The average molecular weight is 308 g/mol. The topological polar surface area (TPSA) is 21.3 Å². The predicted molar refractivity (Wildman–Crippen MR) is 87.8 cm³/mol. The summed E-state index contributed by atoms with van der Waals surface area (Å²) >= 11 is 5.99. The first-order chi connectivity index (χ1) is 10.3. The van der Waals surface area contributed by atoms with Gasteiger partial charge in [-0.15, -0.1) is 0 Å². The van der Waals surface area contributed by atoms with E-state index in [1.54, 1.807) is 0 Å². The van der Waals surface area contributed by atoms with Gasteiger partial charge in [0.2, 0.25) is 0 Å². The summed E-state index contributed by atoms with van der Waals surface area (Å²) < 4.78 is 5.49. The van der Waals surface area contributed by atoms with E-state index in [1.807, 2.05) is 12.1 Å². The van der Waals surface area contributed by atoms with E-state index < -0.39 is 0 Å². The molecule has 0 aromatic heterocycles. The Kier molecular flexibility index (Phi) is 5.56. The van der Waals surface area contributed by atoms with Crippen molar-refractivity contribution in [1.82, 2.24) is 5.32 Å². The lowest BCUT2D eigenvalue weighted by atomic mass is 9.85. The van der Waals surface area contributed by atoms with Crippen molar-refractivity contribution in [2.45, 2.75) is 44.6 Å². The molecule has 1 aromatic rings. The molecule has 1 unspecified atom stereocenters. The van der Waals surface area contributed by atoms with E-state index in [0.29, 0.717) is 0 Å². The molecule has 1 aliphatic heterocycles. The molecule has 0 radical (unpaired) electrons. The maximum Gasteiger partial charge on any atom is 0.0468 e. The van der Waals surface area contributed by atoms with Crippen LogP contribution >= 0.6 is 11.6 Å². The van der Waals surface area contributed by atoms with Crippen LogP contribution in [0.1, 0.15) is 37.7 Å². The minimum Gasteiger partial charge on any atom is -0.381 e. The third kappa shape index (κ3) is 5.28. The van der Waals surface area contributed by atoms with Crippen LogP contribution in [0.5, 0.6) is 0 Å². The zero-order valence-electron chi connectivity index (χ0n) is 12.7. The summed E-state index contributed by atoms with van der Waals surface area (Å²) in [6.07, 6.45) is 7.69. The quantitative estimate of drug-likeness (QED) is 0.820. The zero-order chi connectivity index (χ0) is 14.5. The van der Waals surface area contributed by atoms with Crippen molar-refractivity contribution in [3.05, 3.63) is 34.9 Å². The molecule has 0 spiro atoms. The lowest BCUT2D eigenvalue weighted by Crippen LogP contribution is -2.29. The van der Waals surface area contributed by atoms with Crippen LogP contribution < -0.4 is 5.32 Å². The first-order valence-electron chi connectivity index (χ1n) is 8.35. The molecule has 0 amide bonds. The van der Waals surface area contributed by atoms with Gasteiger partial charge in [0, 0.05) is 24.3 Å². The number of hydrogen-bond donors (Lipinski definition) is 1. The van der Waals surface area contributed by atoms with Gasteiger partial charge in [-0.3, -0.25) is 0 Å². The maximum atomic E-state index is 5.99. The second-order valence-electron chi connectivity index (χ2n) is 6.67. The van der Waals surface area contributed by atoms with Crippen LogP contribution in [-0.4, -0.2) is 25.8 Å². The molecule has 2 fully saturated rings. The highest BCUT2D eigenvalue weighted by atomic mass is 35.5. The fourth-order valence-electron chi connectivity index (χ4n) is 3.27. The summed E-state index contributed by atoms with van der Waals surface area (Å²) in [7, 11) is 0. The SMILES string of the molecule is Clc1ccc(CC(CNC2CC2)CC2CCOCC2)cc1. The largest absolute Gasteiger partial charge is 0.381 e. The molecule has 1 aromatic carbocycles. The van der Waals surface area contributed by atoms with E-state index in [2.05, 4.69) is 17.4 Å². The minimum absolute atomic E-state index is 0.731. The van der Waals surface area contributed by atoms with Gasteiger partial charge in [0.1, 0.15) is 0 Å². The van der Waals surface area contributed by atoms with Crippen molar-refractivity contribution >= 4 is 11.6 Å². The van der Waals surface area contributed by atoms with E-state index in [4.69, 9.17) is 16.3 Å². The highest BCUT2D eigenvalue weighted by Crippen LogP contribution is 2.26. The Morgan fingerprint density at radius 1 is 1.10 bits per heavy atom. The number of nitrogens with one attached hydrogen (secondary N) is 1. The monoisotopic (exact) mass is 307 g/mol. The van der Waals surface area contributed by atoms with Gasteiger partial charge in [0.05, 0.1) is 0 Å². The van der Waals surface area contributed by atoms with Gasteiger partial charge in [0.25, 0.3) is 0 Å². The normalized spacial score (nSPS) is 21.4. The third-order valence-electron chi connectivity index (χ3n) is 4.72. The number of ether oxygens (including phenoxy) is 1. The van der Waals surface area contributed by atoms with Gasteiger partial charge in [-0.05, 0) is 74.6 Å². The van der Waals surface area contributed by atoms with Gasteiger partial charge in [0.15, 0.2) is 0 Å². The molecule has 3 rings (SSSR count). The third-order valence-corrected chi connectivity index (χ3v) is 4.97. The fraction of sp³-hybridized carbons (Fsp3) is 0.667. The number of benzene rings is 1. The molecule has 1 N–H and O–H groups in total. The van der Waals surface area contributed by atoms with Crippen LogP contribution in [0.3, 0.4) is 0 Å². The molecule has 2 nitrogen and oxygen atoms in total. The van der Waals surface area contributed by atoms with E-state index in [0.717, 1.165) is 49.1 Å². The summed E-state index contributed by atoms with van der Waals surface area (Å²) in [6.45, 7) is 3.06. The van der Waals surface area contributed by atoms with E-state index in [-0.39, 0.29) is 0 Å². The maximum absolute atomic E-state index is 5.99. The van der Waals surface area contributed by atoms with Gasteiger partial charge in [-0.1, -0.05) is 23.7 Å². The lowest BCUT2D eigenvalue weighted by Gasteiger charge is -2.27. The fourth-order valence-corrected chi connectivity index (χ4v) is 3.39. The second kappa shape index (κ2) is 7.62. The molecule has 1 aliphatic carbocycles. The van der Waals surface area contributed by atoms with Gasteiger partial charge < -0.3 is 10.1 Å². The van der Waals surface area contributed by atoms with E-state index in [1.165, 1.54) is 37.7 Å². The molecule has 1 atom stereocenters. The number of hydrogen-bond acceptors (Lipinski definition) is 2. The highest BCUT2D eigenvalue weighted by molar-refractivity contribution is 6.30. The minimum atomic E-state index is 0.731. The van der Waals surface area contributed by atoms with E-state index in [9.17, 15) is 0 Å². The Labute approximate surface area is 133 Å². The van der Waals surface area contributed by atoms with Crippen molar-refractivity contribution in [2.75, 3.05) is 19.8 Å². The van der Waals surface area contributed by atoms with Crippen molar-refractivity contribution in [3.63, 3.8) is 0 Å². The van der Waals surface area contributed by atoms with Gasteiger partial charge in [-0.2, -0.15) is 0 Å². The number of halogens is 1. The molecule has 3 heteroatoms. The Bertz CT molecular complexity index is 423. The Balaban J connectivity index is 1.55. The van der Waals surface area contributed by atoms with Crippen LogP contribution in [0, 0.1) is 11.8 Å². The van der Waals surface area contributed by atoms with Crippen molar-refractivity contribution in [1.29, 1.82) is 0 Å². The predicted octanol–water partition coefficient (Wildman–Crippen LogP) is 4.07. The Hall–Kier alpha value is -0.570. The van der Waals surface area contributed by atoms with Crippen LogP contribution in [0.2, 0.25) is 5.02 Å². The van der Waals surface area contributed by atoms with Gasteiger partial charge >= 0.3 is 0 Å². The molecular weight excluding hydrogens is 282 g/mol. The van der Waals surface area contributed by atoms with Crippen LogP contribution in [-0.2, 0) is 11.2 Å². The van der Waals surface area contributed by atoms with Crippen LogP contribution in [0.25, 0.3) is 0 Å².